The van der Waals surface area contributed by atoms with Crippen LogP contribution in [0.1, 0.15) is 46.0 Å². The van der Waals surface area contributed by atoms with Gasteiger partial charge in [-0.15, -0.1) is 0 Å². The van der Waals surface area contributed by atoms with E-state index in [0.717, 1.165) is 19.6 Å². The second kappa shape index (κ2) is 6.32. The Hall–Kier alpha value is 0.0969. The molecule has 3 nitrogen and oxygen atoms in total. The third-order valence-electron chi connectivity index (χ3n) is 3.84. The lowest BCUT2D eigenvalue weighted by atomic mass is 10.3. The van der Waals surface area contributed by atoms with Crippen molar-refractivity contribution in [2.24, 2.45) is 0 Å². The molecule has 2 rings (SSSR count). The monoisotopic (exact) mass is 256 g/mol. The Morgan fingerprint density at radius 1 is 1.00 bits per heavy atom. The Morgan fingerprint density at radius 3 is 2.24 bits per heavy atom. The van der Waals surface area contributed by atoms with Crippen molar-refractivity contribution >= 4 is 8.96 Å². The number of hydrogen-bond donors (Lipinski definition) is 0. The molecule has 0 atom stereocenters. The van der Waals surface area contributed by atoms with Crippen molar-refractivity contribution in [3.8, 4) is 0 Å². The first-order valence-electron chi connectivity index (χ1n) is 7.22. The minimum Gasteiger partial charge on any atom is -0.338 e. The molecule has 0 N–H and O–H groups in total. The van der Waals surface area contributed by atoms with Crippen LogP contribution in [-0.4, -0.2) is 39.2 Å². The van der Waals surface area contributed by atoms with Gasteiger partial charge in [0.15, 0.2) is 0 Å². The Kier molecular flexibility index (Phi) is 5.03. The van der Waals surface area contributed by atoms with E-state index in [1.54, 1.807) is 0 Å². The predicted octanol–water partition coefficient (Wildman–Crippen LogP) is 2.98. The molecular weight excluding hydrogens is 230 g/mol. The van der Waals surface area contributed by atoms with Crippen LogP contribution >= 0.6 is 0 Å². The second-order valence-electron chi connectivity index (χ2n) is 4.96. The molecule has 0 aromatic heterocycles. The molecule has 2 aliphatic heterocycles. The molecule has 0 amide bonds. The average Bonchev–Trinajstić information content (AvgIpc) is 2.75. The number of nitrogens with zero attached hydrogens (tertiary/aromatic N) is 1. The largest absolute Gasteiger partial charge is 0.338 e. The van der Waals surface area contributed by atoms with E-state index < -0.39 is 8.96 Å². The lowest BCUT2D eigenvalue weighted by Crippen LogP contribution is -2.55. The van der Waals surface area contributed by atoms with Crippen LogP contribution in [0, 0.1) is 0 Å². The Morgan fingerprint density at radius 2 is 1.65 bits per heavy atom. The fourth-order valence-electron chi connectivity index (χ4n) is 3.19. The summed E-state index contributed by atoms with van der Waals surface area (Å²) in [5.41, 5.74) is 0. The summed E-state index contributed by atoms with van der Waals surface area (Å²) in [6.07, 6.45) is 6.55. The molecule has 17 heavy (non-hydrogen) atoms. The van der Waals surface area contributed by atoms with Crippen LogP contribution in [0.25, 0.3) is 0 Å². The van der Waals surface area contributed by atoms with Crippen LogP contribution < -0.4 is 0 Å². The molecule has 0 spiro atoms. The maximum absolute atomic E-state index is 6.03. The second-order valence-corrected chi connectivity index (χ2v) is 7.63. The van der Waals surface area contributed by atoms with Crippen molar-refractivity contribution in [2.75, 3.05) is 19.8 Å². The molecule has 2 saturated heterocycles. The molecule has 0 bridgehead atoms. The molecule has 0 unspecified atom stereocenters. The zero-order valence-corrected chi connectivity index (χ0v) is 12.3. The van der Waals surface area contributed by atoms with E-state index in [1.807, 2.05) is 0 Å². The van der Waals surface area contributed by atoms with Gasteiger partial charge in [-0.25, -0.2) is 0 Å². The first kappa shape index (κ1) is 13.5. The topological polar surface area (TPSA) is 21.7 Å². The van der Waals surface area contributed by atoms with Crippen molar-refractivity contribution in [3.63, 3.8) is 0 Å². The molecule has 0 saturated carbocycles. The summed E-state index contributed by atoms with van der Waals surface area (Å²) in [7, 11) is -0.392. The first-order chi connectivity index (χ1) is 8.32. The van der Waals surface area contributed by atoms with Crippen molar-refractivity contribution < 1.29 is 9.47 Å². The molecule has 1 radical (unpaired) electrons. The fraction of sp³-hybridized carbons (Fsp3) is 1.00. The van der Waals surface area contributed by atoms with Gasteiger partial charge < -0.3 is 9.47 Å². The average molecular weight is 256 g/mol. The van der Waals surface area contributed by atoms with Crippen molar-refractivity contribution in [1.29, 1.82) is 0 Å². The number of hydrogen-bond acceptors (Lipinski definition) is 3. The van der Waals surface area contributed by atoms with Gasteiger partial charge in [0.05, 0.1) is 0 Å². The van der Waals surface area contributed by atoms with Crippen LogP contribution in [0.4, 0.5) is 0 Å². The van der Waals surface area contributed by atoms with Crippen molar-refractivity contribution in [2.45, 2.75) is 64.0 Å². The molecule has 0 aromatic carbocycles. The standard InChI is InChI=1S/C13H26NO2Si/c1-3-15-13(16-4-2)9-8-10-14(13)17-11-6-5-7-12-17/h3-12H2,1-2H3. The molecule has 0 aliphatic carbocycles. The van der Waals surface area contributed by atoms with Gasteiger partial charge in [-0.2, -0.15) is 0 Å². The van der Waals surface area contributed by atoms with Gasteiger partial charge in [-0.3, -0.25) is 4.57 Å². The summed E-state index contributed by atoms with van der Waals surface area (Å²) in [5, 5.41) is 0. The van der Waals surface area contributed by atoms with Crippen LogP contribution in [0.3, 0.4) is 0 Å². The SMILES string of the molecule is CCOC1(OCC)CCCN1[Si]1CCCCC1. The zero-order valence-electron chi connectivity index (χ0n) is 11.3. The van der Waals surface area contributed by atoms with Crippen LogP contribution in [-0.2, 0) is 9.47 Å². The lowest BCUT2D eigenvalue weighted by molar-refractivity contribution is -0.280. The van der Waals surface area contributed by atoms with E-state index in [9.17, 15) is 0 Å². The number of ether oxygens (including phenoxy) is 2. The smallest absolute Gasteiger partial charge is 0.223 e. The lowest BCUT2D eigenvalue weighted by Gasteiger charge is -2.42. The van der Waals surface area contributed by atoms with E-state index in [0.29, 0.717) is 0 Å². The van der Waals surface area contributed by atoms with Crippen LogP contribution in [0.2, 0.25) is 12.1 Å². The highest BCUT2D eigenvalue weighted by atomic mass is 28.3. The van der Waals surface area contributed by atoms with Gasteiger partial charge >= 0.3 is 0 Å². The molecule has 2 heterocycles. The van der Waals surface area contributed by atoms with Gasteiger partial charge in [0.2, 0.25) is 5.91 Å². The van der Waals surface area contributed by atoms with Gasteiger partial charge in [0.1, 0.15) is 8.96 Å². The summed E-state index contributed by atoms with van der Waals surface area (Å²) in [5.74, 6) is -0.352. The normalized spacial score (nSPS) is 26.5. The van der Waals surface area contributed by atoms with E-state index in [2.05, 4.69) is 18.4 Å². The third kappa shape index (κ3) is 2.92. The van der Waals surface area contributed by atoms with Gasteiger partial charge in [-0.05, 0) is 38.9 Å². The first-order valence-corrected chi connectivity index (χ1v) is 9.09. The van der Waals surface area contributed by atoms with E-state index in [-0.39, 0.29) is 5.91 Å². The highest BCUT2D eigenvalue weighted by Gasteiger charge is 2.46. The van der Waals surface area contributed by atoms with Crippen LogP contribution in [0.5, 0.6) is 0 Å². The van der Waals surface area contributed by atoms with E-state index in [4.69, 9.17) is 9.47 Å². The third-order valence-corrected chi connectivity index (χ3v) is 7.03. The highest BCUT2D eigenvalue weighted by Crippen LogP contribution is 2.36. The van der Waals surface area contributed by atoms with Gasteiger partial charge in [0, 0.05) is 19.6 Å². The fourth-order valence-corrected chi connectivity index (χ4v) is 6.49. The summed E-state index contributed by atoms with van der Waals surface area (Å²) in [6.45, 7) is 6.86. The molecular formula is C13H26NO2Si. The summed E-state index contributed by atoms with van der Waals surface area (Å²) in [6, 6.07) is 2.85. The molecule has 0 aromatic rings. The molecule has 4 heteroatoms. The van der Waals surface area contributed by atoms with Crippen molar-refractivity contribution in [3.05, 3.63) is 0 Å². The van der Waals surface area contributed by atoms with Crippen LogP contribution in [0.15, 0.2) is 0 Å². The van der Waals surface area contributed by atoms with E-state index >= 15 is 0 Å². The van der Waals surface area contributed by atoms with Crippen molar-refractivity contribution in [1.82, 2.24) is 4.57 Å². The van der Waals surface area contributed by atoms with Gasteiger partial charge in [0.25, 0.3) is 0 Å². The summed E-state index contributed by atoms with van der Waals surface area (Å²) < 4.78 is 14.7. The summed E-state index contributed by atoms with van der Waals surface area (Å²) in [4.78, 5) is 0. The maximum atomic E-state index is 6.03. The maximum Gasteiger partial charge on any atom is 0.223 e. The molecule has 2 aliphatic rings. The minimum atomic E-state index is -0.392. The highest BCUT2D eigenvalue weighted by molar-refractivity contribution is 6.56. The van der Waals surface area contributed by atoms with Gasteiger partial charge in [-0.1, -0.05) is 19.3 Å². The summed E-state index contributed by atoms with van der Waals surface area (Å²) >= 11 is 0. The Balaban J connectivity index is 2.06. The minimum absolute atomic E-state index is 0.352. The molecule has 2 fully saturated rings. The Bertz CT molecular complexity index is 225. The quantitative estimate of drug-likeness (QED) is 0.557. The zero-order chi connectivity index (χ0) is 12.1. The number of rotatable bonds is 5. The Labute approximate surface area is 107 Å². The predicted molar refractivity (Wildman–Crippen MR) is 71.1 cm³/mol. The molecule has 99 valence electrons. The van der Waals surface area contributed by atoms with E-state index in [1.165, 1.54) is 44.3 Å².